The number of halogens is 1. The molecular weight excluding hydrogens is 415 g/mol. The number of aryl methyl sites for hydroxylation is 1. The van der Waals surface area contributed by atoms with Gasteiger partial charge in [0.1, 0.15) is 11.5 Å². The number of benzene rings is 2. The van der Waals surface area contributed by atoms with Gasteiger partial charge in [0.15, 0.2) is 0 Å². The van der Waals surface area contributed by atoms with Crippen LogP contribution in [0.2, 0.25) is 0 Å². The van der Waals surface area contributed by atoms with Gasteiger partial charge in [0.05, 0.1) is 23.2 Å². The zero-order valence-electron chi connectivity index (χ0n) is 17.4. The van der Waals surface area contributed by atoms with Crippen molar-refractivity contribution in [1.82, 2.24) is 19.3 Å². The molecule has 0 saturated heterocycles. The predicted octanol–water partition coefficient (Wildman–Crippen LogP) is 4.47. The van der Waals surface area contributed by atoms with Crippen LogP contribution in [0.5, 0.6) is 0 Å². The summed E-state index contributed by atoms with van der Waals surface area (Å²) in [6, 6.07) is 12.9. The number of aromatic nitrogens is 3. The monoisotopic (exact) mass is 440 g/mol. The normalized spacial score (nSPS) is 21.9. The Balaban J connectivity index is 1.62. The maximum absolute atomic E-state index is 13.7. The van der Waals surface area contributed by atoms with E-state index in [2.05, 4.69) is 10.3 Å². The van der Waals surface area contributed by atoms with E-state index in [-0.39, 0.29) is 24.4 Å². The van der Waals surface area contributed by atoms with Gasteiger partial charge >= 0.3 is 0 Å². The maximum atomic E-state index is 13.7. The van der Waals surface area contributed by atoms with Crippen molar-refractivity contribution in [2.75, 3.05) is 0 Å². The molecule has 5 rings (SSSR count). The van der Waals surface area contributed by atoms with Crippen LogP contribution in [-0.2, 0) is 16.6 Å². The van der Waals surface area contributed by atoms with Gasteiger partial charge in [-0.05, 0) is 56.2 Å². The van der Waals surface area contributed by atoms with E-state index in [1.54, 1.807) is 28.6 Å². The van der Waals surface area contributed by atoms with Gasteiger partial charge in [-0.25, -0.2) is 17.5 Å². The summed E-state index contributed by atoms with van der Waals surface area (Å²) >= 11 is 0. The first-order chi connectivity index (χ1) is 14.9. The Morgan fingerprint density at radius 1 is 0.935 bits per heavy atom. The van der Waals surface area contributed by atoms with Gasteiger partial charge < -0.3 is 0 Å². The van der Waals surface area contributed by atoms with E-state index in [4.69, 9.17) is 0 Å². The standard InChI is InChI=1S/C23H25FN4O2S/c1-16-7-13-19(14-8-16)31(29,30)27-15-22-23(17-9-11-18(24)12-10-17)25-26-28(22)21-6-4-2-3-5-20(21)27/h7-14,20-21H,2-6,15H2,1H3/t20-,21-/m1/s1. The predicted molar refractivity (Wildman–Crippen MR) is 115 cm³/mol. The lowest BCUT2D eigenvalue weighted by atomic mass is 9.99. The molecule has 1 aliphatic heterocycles. The van der Waals surface area contributed by atoms with Gasteiger partial charge in [0.25, 0.3) is 0 Å². The van der Waals surface area contributed by atoms with Crippen molar-refractivity contribution in [2.24, 2.45) is 0 Å². The SMILES string of the molecule is Cc1ccc(S(=O)(=O)N2Cc3c(-c4ccc(F)cc4)nnn3[C@@H]3CCCCC[C@H]32)cc1. The molecule has 1 saturated carbocycles. The average molecular weight is 441 g/mol. The molecule has 162 valence electrons. The van der Waals surface area contributed by atoms with E-state index in [0.717, 1.165) is 48.9 Å². The molecule has 1 fully saturated rings. The highest BCUT2D eigenvalue weighted by molar-refractivity contribution is 7.89. The van der Waals surface area contributed by atoms with Crippen LogP contribution in [-0.4, -0.2) is 33.8 Å². The first-order valence-corrected chi connectivity index (χ1v) is 12.2. The minimum atomic E-state index is -3.69. The van der Waals surface area contributed by atoms with Crippen molar-refractivity contribution in [1.29, 1.82) is 0 Å². The number of rotatable bonds is 3. The topological polar surface area (TPSA) is 68.1 Å². The third-order valence-electron chi connectivity index (χ3n) is 6.47. The quantitative estimate of drug-likeness (QED) is 0.603. The lowest BCUT2D eigenvalue weighted by Crippen LogP contribution is -2.49. The molecule has 0 spiro atoms. The molecule has 0 radical (unpaired) electrons. The van der Waals surface area contributed by atoms with E-state index in [1.165, 1.54) is 12.1 Å². The molecule has 1 aromatic heterocycles. The summed E-state index contributed by atoms with van der Waals surface area (Å²) in [7, 11) is -3.69. The minimum absolute atomic E-state index is 0.0480. The van der Waals surface area contributed by atoms with E-state index in [9.17, 15) is 12.8 Å². The van der Waals surface area contributed by atoms with Crippen LogP contribution in [0.15, 0.2) is 53.4 Å². The van der Waals surface area contributed by atoms with E-state index < -0.39 is 10.0 Å². The fourth-order valence-corrected chi connectivity index (χ4v) is 6.47. The Hall–Kier alpha value is -2.58. The lowest BCUT2D eigenvalue weighted by molar-refractivity contribution is 0.166. The van der Waals surface area contributed by atoms with Crippen LogP contribution in [0.25, 0.3) is 11.3 Å². The average Bonchev–Trinajstić information content (AvgIpc) is 3.03. The molecule has 2 atom stereocenters. The van der Waals surface area contributed by atoms with Crippen LogP contribution < -0.4 is 0 Å². The Kier molecular flexibility index (Phi) is 5.14. The van der Waals surface area contributed by atoms with E-state index in [0.29, 0.717) is 10.6 Å². The van der Waals surface area contributed by atoms with Gasteiger partial charge in [-0.1, -0.05) is 42.2 Å². The second-order valence-electron chi connectivity index (χ2n) is 8.47. The largest absolute Gasteiger partial charge is 0.243 e. The van der Waals surface area contributed by atoms with E-state index >= 15 is 0 Å². The number of hydrogen-bond donors (Lipinski definition) is 0. The highest BCUT2D eigenvalue weighted by Gasteiger charge is 2.43. The lowest BCUT2D eigenvalue weighted by Gasteiger charge is -2.40. The van der Waals surface area contributed by atoms with Crippen molar-refractivity contribution in [3.63, 3.8) is 0 Å². The van der Waals surface area contributed by atoms with Gasteiger partial charge in [-0.15, -0.1) is 5.10 Å². The molecule has 2 aromatic carbocycles. The Morgan fingerprint density at radius 3 is 2.32 bits per heavy atom. The Labute approximate surface area is 181 Å². The third kappa shape index (κ3) is 3.57. The van der Waals surface area contributed by atoms with Crippen molar-refractivity contribution in [2.45, 2.75) is 62.6 Å². The summed E-state index contributed by atoms with van der Waals surface area (Å²) < 4.78 is 44.5. The van der Waals surface area contributed by atoms with Crippen LogP contribution in [0, 0.1) is 12.7 Å². The molecular formula is C23H25FN4O2S. The highest BCUT2D eigenvalue weighted by Crippen LogP contribution is 2.41. The summed E-state index contributed by atoms with van der Waals surface area (Å²) in [6.07, 6.45) is 4.78. The van der Waals surface area contributed by atoms with Gasteiger partial charge in [0, 0.05) is 11.6 Å². The van der Waals surface area contributed by atoms with Crippen LogP contribution in [0.3, 0.4) is 0 Å². The molecule has 1 aliphatic carbocycles. The zero-order valence-corrected chi connectivity index (χ0v) is 18.2. The van der Waals surface area contributed by atoms with Crippen LogP contribution in [0.4, 0.5) is 4.39 Å². The molecule has 0 unspecified atom stereocenters. The molecule has 31 heavy (non-hydrogen) atoms. The number of nitrogens with zero attached hydrogens (tertiary/aromatic N) is 4. The van der Waals surface area contributed by atoms with Crippen molar-refractivity contribution in [3.8, 4) is 11.3 Å². The molecule has 6 nitrogen and oxygen atoms in total. The fraction of sp³-hybridized carbons (Fsp3) is 0.391. The van der Waals surface area contributed by atoms with Crippen molar-refractivity contribution >= 4 is 10.0 Å². The number of fused-ring (bicyclic) bond motifs is 3. The molecule has 8 heteroatoms. The van der Waals surface area contributed by atoms with E-state index in [1.807, 2.05) is 23.7 Å². The summed E-state index contributed by atoms with van der Waals surface area (Å²) in [6.45, 7) is 2.15. The van der Waals surface area contributed by atoms with Crippen molar-refractivity contribution in [3.05, 3.63) is 65.6 Å². The smallest absolute Gasteiger partial charge is 0.243 e. The molecule has 0 amide bonds. The third-order valence-corrected chi connectivity index (χ3v) is 8.36. The minimum Gasteiger partial charge on any atom is -0.243 e. The number of sulfonamides is 1. The van der Waals surface area contributed by atoms with Gasteiger partial charge in [-0.2, -0.15) is 4.31 Å². The van der Waals surface area contributed by atoms with Crippen LogP contribution >= 0.6 is 0 Å². The molecule has 2 heterocycles. The van der Waals surface area contributed by atoms with Gasteiger partial charge in [0.2, 0.25) is 10.0 Å². The molecule has 0 N–H and O–H groups in total. The van der Waals surface area contributed by atoms with Crippen LogP contribution in [0.1, 0.15) is 49.4 Å². The zero-order chi connectivity index (χ0) is 21.6. The maximum Gasteiger partial charge on any atom is 0.243 e. The fourth-order valence-electron chi connectivity index (χ4n) is 4.82. The summed E-state index contributed by atoms with van der Waals surface area (Å²) in [5.41, 5.74) is 3.14. The molecule has 0 bridgehead atoms. The Morgan fingerprint density at radius 2 is 1.61 bits per heavy atom. The second kappa shape index (κ2) is 7.84. The Bertz CT molecular complexity index is 1190. The summed E-state index contributed by atoms with van der Waals surface area (Å²) in [5.74, 6) is -0.322. The molecule has 2 aliphatic rings. The number of hydrogen-bond acceptors (Lipinski definition) is 4. The second-order valence-corrected chi connectivity index (χ2v) is 10.4. The first-order valence-electron chi connectivity index (χ1n) is 10.7. The highest BCUT2D eigenvalue weighted by atomic mass is 32.2. The summed E-state index contributed by atoms with van der Waals surface area (Å²) in [4.78, 5) is 0.311. The summed E-state index contributed by atoms with van der Waals surface area (Å²) in [5, 5.41) is 8.82. The van der Waals surface area contributed by atoms with Crippen molar-refractivity contribution < 1.29 is 12.8 Å². The molecule has 3 aromatic rings. The van der Waals surface area contributed by atoms with Gasteiger partial charge in [-0.3, -0.25) is 0 Å². The first kappa shape index (κ1) is 20.3.